The van der Waals surface area contributed by atoms with Gasteiger partial charge in [0.2, 0.25) is 0 Å². The molecule has 1 amide bonds. The van der Waals surface area contributed by atoms with E-state index >= 15 is 0 Å². The number of anilines is 2. The topological polar surface area (TPSA) is 64.3 Å². The van der Waals surface area contributed by atoms with Crippen molar-refractivity contribution in [3.05, 3.63) is 53.6 Å². The van der Waals surface area contributed by atoms with Gasteiger partial charge in [-0.3, -0.25) is 4.79 Å². The van der Waals surface area contributed by atoms with E-state index in [9.17, 15) is 4.79 Å². The molecule has 2 aromatic carbocycles. The van der Waals surface area contributed by atoms with E-state index in [4.69, 9.17) is 10.5 Å². The zero-order chi connectivity index (χ0) is 13.8. The van der Waals surface area contributed by atoms with Crippen molar-refractivity contribution in [2.24, 2.45) is 0 Å². The minimum Gasteiger partial charge on any atom is -0.497 e. The number of para-hydroxylation sites is 1. The summed E-state index contributed by atoms with van der Waals surface area (Å²) < 4.78 is 5.06. The van der Waals surface area contributed by atoms with Crippen LogP contribution in [0.4, 0.5) is 11.4 Å². The highest BCUT2D eigenvalue weighted by molar-refractivity contribution is 6.08. The summed E-state index contributed by atoms with van der Waals surface area (Å²) in [7, 11) is 1.56. The van der Waals surface area contributed by atoms with Crippen LogP contribution >= 0.6 is 0 Å². The summed E-state index contributed by atoms with van der Waals surface area (Å²) in [6.45, 7) is 1.94. The molecule has 4 heteroatoms. The Bertz CT molecular complexity index is 609. The summed E-state index contributed by atoms with van der Waals surface area (Å²) in [5.41, 5.74) is 8.46. The first-order valence-corrected chi connectivity index (χ1v) is 5.92. The van der Waals surface area contributed by atoms with Gasteiger partial charge in [0.25, 0.3) is 5.91 Å². The van der Waals surface area contributed by atoms with Gasteiger partial charge in [-0.05, 0) is 30.7 Å². The van der Waals surface area contributed by atoms with Gasteiger partial charge in [0.1, 0.15) is 5.75 Å². The van der Waals surface area contributed by atoms with Crippen LogP contribution in [0.2, 0.25) is 0 Å². The molecule has 0 heterocycles. The van der Waals surface area contributed by atoms with Gasteiger partial charge in [0.15, 0.2) is 0 Å². The number of carbonyl (C=O) groups is 1. The van der Waals surface area contributed by atoms with E-state index < -0.39 is 0 Å². The summed E-state index contributed by atoms with van der Waals surface area (Å²) in [6, 6.07) is 12.6. The fourth-order valence-corrected chi connectivity index (χ4v) is 1.78. The number of nitrogens with two attached hydrogens (primary N) is 1. The second-order valence-corrected chi connectivity index (χ2v) is 4.22. The number of aryl methyl sites for hydroxylation is 1. The highest BCUT2D eigenvalue weighted by Crippen LogP contribution is 2.21. The first-order chi connectivity index (χ1) is 9.11. The molecule has 4 nitrogen and oxygen atoms in total. The quantitative estimate of drug-likeness (QED) is 0.830. The van der Waals surface area contributed by atoms with Gasteiger partial charge >= 0.3 is 0 Å². The van der Waals surface area contributed by atoms with Gasteiger partial charge in [-0.25, -0.2) is 0 Å². The lowest BCUT2D eigenvalue weighted by Gasteiger charge is -2.10. The fourth-order valence-electron chi connectivity index (χ4n) is 1.78. The molecule has 3 N–H and O–H groups in total. The van der Waals surface area contributed by atoms with Crippen molar-refractivity contribution in [1.29, 1.82) is 0 Å². The first-order valence-electron chi connectivity index (χ1n) is 5.92. The lowest BCUT2D eigenvalue weighted by Crippen LogP contribution is -2.14. The van der Waals surface area contributed by atoms with Crippen LogP contribution < -0.4 is 15.8 Å². The Morgan fingerprint density at radius 1 is 1.21 bits per heavy atom. The van der Waals surface area contributed by atoms with Gasteiger partial charge in [-0.2, -0.15) is 0 Å². The number of nitrogens with one attached hydrogen (secondary N) is 1. The summed E-state index contributed by atoms with van der Waals surface area (Å²) in [5.74, 6) is 0.402. The monoisotopic (exact) mass is 256 g/mol. The second-order valence-electron chi connectivity index (χ2n) is 4.22. The van der Waals surface area contributed by atoms with E-state index in [0.29, 0.717) is 17.0 Å². The molecule has 0 aromatic heterocycles. The molecule has 98 valence electrons. The molecule has 0 radical (unpaired) electrons. The Labute approximate surface area is 112 Å². The molecule has 0 saturated heterocycles. The predicted octanol–water partition coefficient (Wildman–Crippen LogP) is 2.84. The largest absolute Gasteiger partial charge is 0.497 e. The van der Waals surface area contributed by atoms with Crippen molar-refractivity contribution < 1.29 is 9.53 Å². The first kappa shape index (κ1) is 13.0. The van der Waals surface area contributed by atoms with Crippen LogP contribution in [0, 0.1) is 6.92 Å². The van der Waals surface area contributed by atoms with E-state index in [1.54, 1.807) is 25.3 Å². The molecule has 0 fully saturated rings. The van der Waals surface area contributed by atoms with E-state index in [-0.39, 0.29) is 5.91 Å². The molecular weight excluding hydrogens is 240 g/mol. The van der Waals surface area contributed by atoms with E-state index in [1.165, 1.54) is 0 Å². The Kier molecular flexibility index (Phi) is 3.71. The fraction of sp³-hybridized carbons (Fsp3) is 0.133. The normalized spacial score (nSPS) is 10.0. The molecule has 0 aliphatic heterocycles. The number of amides is 1. The van der Waals surface area contributed by atoms with E-state index in [0.717, 1.165) is 11.3 Å². The van der Waals surface area contributed by atoms with Crippen molar-refractivity contribution in [3.8, 4) is 5.75 Å². The van der Waals surface area contributed by atoms with E-state index in [1.807, 2.05) is 31.2 Å². The SMILES string of the molecule is COc1ccc(C(=O)Nc2ccccc2C)c(N)c1. The maximum absolute atomic E-state index is 12.2. The molecule has 0 spiro atoms. The molecule has 0 saturated carbocycles. The van der Waals surface area contributed by atoms with Gasteiger partial charge in [0.05, 0.1) is 12.7 Å². The Balaban J connectivity index is 2.23. The third-order valence-corrected chi connectivity index (χ3v) is 2.90. The number of benzene rings is 2. The number of hydrogen-bond acceptors (Lipinski definition) is 3. The summed E-state index contributed by atoms with van der Waals surface area (Å²) in [5, 5.41) is 2.85. The van der Waals surface area contributed by atoms with E-state index in [2.05, 4.69) is 5.32 Å². The Morgan fingerprint density at radius 3 is 2.58 bits per heavy atom. The standard InChI is InChI=1S/C15H16N2O2/c1-10-5-3-4-6-14(10)17-15(18)12-8-7-11(19-2)9-13(12)16/h3-9H,16H2,1-2H3,(H,17,18). The van der Waals surface area contributed by atoms with Crippen LogP contribution in [0.25, 0.3) is 0 Å². The zero-order valence-corrected chi connectivity index (χ0v) is 10.9. The highest BCUT2D eigenvalue weighted by Gasteiger charge is 2.11. The Hall–Kier alpha value is -2.49. The summed E-state index contributed by atoms with van der Waals surface area (Å²) in [6.07, 6.45) is 0. The summed E-state index contributed by atoms with van der Waals surface area (Å²) in [4.78, 5) is 12.2. The van der Waals surface area contributed by atoms with Gasteiger partial charge in [0, 0.05) is 17.4 Å². The molecule has 0 bridgehead atoms. The summed E-state index contributed by atoms with van der Waals surface area (Å²) >= 11 is 0. The van der Waals surface area contributed by atoms with Crippen LogP contribution in [0.3, 0.4) is 0 Å². The van der Waals surface area contributed by atoms with Crippen LogP contribution in [0.15, 0.2) is 42.5 Å². The minimum absolute atomic E-state index is 0.227. The third-order valence-electron chi connectivity index (χ3n) is 2.90. The van der Waals surface area contributed by atoms with Crippen LogP contribution in [-0.2, 0) is 0 Å². The maximum Gasteiger partial charge on any atom is 0.257 e. The molecule has 2 aromatic rings. The molecule has 0 atom stereocenters. The van der Waals surface area contributed by atoms with Crippen molar-refractivity contribution in [2.45, 2.75) is 6.92 Å². The lowest BCUT2D eigenvalue weighted by atomic mass is 10.1. The molecule has 0 aliphatic carbocycles. The van der Waals surface area contributed by atoms with Crippen molar-refractivity contribution in [3.63, 3.8) is 0 Å². The number of rotatable bonds is 3. The van der Waals surface area contributed by atoms with Crippen molar-refractivity contribution in [2.75, 3.05) is 18.2 Å². The lowest BCUT2D eigenvalue weighted by molar-refractivity contribution is 0.102. The predicted molar refractivity (Wildman–Crippen MR) is 76.5 cm³/mol. The average molecular weight is 256 g/mol. The third kappa shape index (κ3) is 2.85. The van der Waals surface area contributed by atoms with Crippen molar-refractivity contribution >= 4 is 17.3 Å². The number of nitrogen functional groups attached to an aromatic ring is 1. The Morgan fingerprint density at radius 2 is 1.95 bits per heavy atom. The number of methoxy groups -OCH3 is 1. The number of hydrogen-bond donors (Lipinski definition) is 2. The molecule has 0 unspecified atom stereocenters. The molecule has 19 heavy (non-hydrogen) atoms. The number of ether oxygens (including phenoxy) is 1. The zero-order valence-electron chi connectivity index (χ0n) is 10.9. The molecule has 2 rings (SSSR count). The van der Waals surface area contributed by atoms with Gasteiger partial charge in [-0.1, -0.05) is 18.2 Å². The highest BCUT2D eigenvalue weighted by atomic mass is 16.5. The maximum atomic E-state index is 12.2. The van der Waals surface area contributed by atoms with Gasteiger partial charge in [-0.15, -0.1) is 0 Å². The van der Waals surface area contributed by atoms with Crippen LogP contribution in [-0.4, -0.2) is 13.0 Å². The number of carbonyl (C=O) groups excluding carboxylic acids is 1. The smallest absolute Gasteiger partial charge is 0.257 e. The molecular formula is C15H16N2O2. The minimum atomic E-state index is -0.227. The van der Waals surface area contributed by atoms with Gasteiger partial charge < -0.3 is 15.8 Å². The molecule has 0 aliphatic rings. The van der Waals surface area contributed by atoms with Crippen LogP contribution in [0.1, 0.15) is 15.9 Å². The van der Waals surface area contributed by atoms with Crippen LogP contribution in [0.5, 0.6) is 5.75 Å². The van der Waals surface area contributed by atoms with Crippen molar-refractivity contribution in [1.82, 2.24) is 0 Å². The average Bonchev–Trinajstić information content (AvgIpc) is 2.41. The second kappa shape index (κ2) is 5.44.